The fourth-order valence-corrected chi connectivity index (χ4v) is 1.63. The van der Waals surface area contributed by atoms with Crippen LogP contribution < -0.4 is 10.2 Å². The number of hydrogen-bond donors (Lipinski definition) is 1. The van der Waals surface area contributed by atoms with E-state index in [9.17, 15) is 0 Å². The van der Waals surface area contributed by atoms with Gasteiger partial charge in [0.25, 0.3) is 0 Å². The molecule has 16 heavy (non-hydrogen) atoms. The highest BCUT2D eigenvalue weighted by molar-refractivity contribution is 5.37. The summed E-state index contributed by atoms with van der Waals surface area (Å²) >= 11 is 0. The van der Waals surface area contributed by atoms with Gasteiger partial charge in [0.1, 0.15) is 5.82 Å². The van der Waals surface area contributed by atoms with Crippen molar-refractivity contribution in [2.75, 3.05) is 19.0 Å². The van der Waals surface area contributed by atoms with E-state index >= 15 is 0 Å². The fraction of sp³-hybridized carbons (Fsp3) is 0.615. The average Bonchev–Trinajstić information content (AvgIpc) is 2.31. The first-order chi connectivity index (χ1) is 7.67. The molecular weight excluding hydrogens is 198 g/mol. The van der Waals surface area contributed by atoms with Gasteiger partial charge in [-0.25, -0.2) is 4.98 Å². The molecule has 1 N–H and O–H groups in total. The first-order valence-electron chi connectivity index (χ1n) is 6.03. The van der Waals surface area contributed by atoms with Crippen LogP contribution in [0.4, 0.5) is 5.82 Å². The summed E-state index contributed by atoms with van der Waals surface area (Å²) in [7, 11) is 4.01. The largest absolute Gasteiger partial charge is 0.363 e. The number of nitrogens with zero attached hydrogens (tertiary/aromatic N) is 2. The van der Waals surface area contributed by atoms with Crippen LogP contribution in [0.1, 0.15) is 32.3 Å². The third-order valence-electron chi connectivity index (χ3n) is 2.85. The van der Waals surface area contributed by atoms with Crippen molar-refractivity contribution in [2.45, 2.75) is 39.3 Å². The fourth-order valence-electron chi connectivity index (χ4n) is 1.63. The normalized spacial score (nSPS) is 10.8. The van der Waals surface area contributed by atoms with Gasteiger partial charge >= 0.3 is 0 Å². The van der Waals surface area contributed by atoms with E-state index in [1.807, 2.05) is 25.2 Å². The highest BCUT2D eigenvalue weighted by Gasteiger charge is 2.02. The molecule has 0 fully saturated rings. The SMILES string of the molecule is CCC(CC)NCc1ccc(N(C)C)nc1. The summed E-state index contributed by atoms with van der Waals surface area (Å²) in [6, 6.07) is 4.82. The maximum Gasteiger partial charge on any atom is 0.127 e. The Balaban J connectivity index is 2.49. The highest BCUT2D eigenvalue weighted by atomic mass is 15.1. The van der Waals surface area contributed by atoms with E-state index in [2.05, 4.69) is 36.3 Å². The number of pyridine rings is 1. The number of rotatable bonds is 6. The summed E-state index contributed by atoms with van der Waals surface area (Å²) in [5.41, 5.74) is 1.25. The molecule has 0 aliphatic rings. The molecule has 3 heteroatoms. The van der Waals surface area contributed by atoms with Gasteiger partial charge < -0.3 is 10.2 Å². The minimum absolute atomic E-state index is 0.619. The van der Waals surface area contributed by atoms with Crippen LogP contribution in [0.2, 0.25) is 0 Å². The standard InChI is InChI=1S/C13H23N3/c1-5-12(6-2)14-9-11-7-8-13(15-10-11)16(3)4/h7-8,10,12,14H,5-6,9H2,1-4H3. The summed E-state index contributed by atoms with van der Waals surface area (Å²) in [5.74, 6) is 1.01. The second-order valence-corrected chi connectivity index (χ2v) is 4.31. The number of aromatic nitrogens is 1. The van der Waals surface area contributed by atoms with E-state index in [1.165, 1.54) is 18.4 Å². The summed E-state index contributed by atoms with van der Waals surface area (Å²) in [6.45, 7) is 5.34. The molecule has 0 spiro atoms. The average molecular weight is 221 g/mol. The molecule has 0 aliphatic carbocycles. The van der Waals surface area contributed by atoms with E-state index in [0.717, 1.165) is 12.4 Å². The van der Waals surface area contributed by atoms with Crippen LogP contribution in [0.3, 0.4) is 0 Å². The Morgan fingerprint density at radius 1 is 1.25 bits per heavy atom. The number of nitrogens with one attached hydrogen (secondary N) is 1. The lowest BCUT2D eigenvalue weighted by Gasteiger charge is -2.15. The summed E-state index contributed by atoms with van der Waals surface area (Å²) in [6.07, 6.45) is 4.31. The molecule has 0 saturated carbocycles. The Morgan fingerprint density at radius 3 is 2.38 bits per heavy atom. The molecule has 0 bridgehead atoms. The van der Waals surface area contributed by atoms with Crippen molar-refractivity contribution in [3.8, 4) is 0 Å². The number of anilines is 1. The third-order valence-corrected chi connectivity index (χ3v) is 2.85. The molecule has 0 atom stereocenters. The molecule has 3 nitrogen and oxygen atoms in total. The van der Waals surface area contributed by atoms with Crippen LogP contribution >= 0.6 is 0 Å². The molecule has 90 valence electrons. The monoisotopic (exact) mass is 221 g/mol. The lowest BCUT2D eigenvalue weighted by molar-refractivity contribution is 0.484. The molecule has 0 aliphatic heterocycles. The maximum absolute atomic E-state index is 4.39. The smallest absolute Gasteiger partial charge is 0.127 e. The van der Waals surface area contributed by atoms with Crippen molar-refractivity contribution in [1.29, 1.82) is 0 Å². The zero-order valence-electron chi connectivity index (χ0n) is 10.8. The van der Waals surface area contributed by atoms with Crippen molar-refractivity contribution in [3.63, 3.8) is 0 Å². The second kappa shape index (κ2) is 6.48. The van der Waals surface area contributed by atoms with Crippen LogP contribution in [0, 0.1) is 0 Å². The topological polar surface area (TPSA) is 28.2 Å². The molecule has 0 aromatic carbocycles. The van der Waals surface area contributed by atoms with E-state index in [1.54, 1.807) is 0 Å². The Morgan fingerprint density at radius 2 is 1.94 bits per heavy atom. The van der Waals surface area contributed by atoms with Gasteiger partial charge in [-0.05, 0) is 24.5 Å². The molecule has 0 unspecified atom stereocenters. The quantitative estimate of drug-likeness (QED) is 0.799. The first kappa shape index (κ1) is 13.0. The maximum atomic E-state index is 4.39. The highest BCUT2D eigenvalue weighted by Crippen LogP contribution is 2.08. The molecule has 1 rings (SSSR count). The molecular formula is C13H23N3. The van der Waals surface area contributed by atoms with Gasteiger partial charge in [-0.3, -0.25) is 0 Å². The predicted molar refractivity (Wildman–Crippen MR) is 69.8 cm³/mol. The molecule has 1 heterocycles. The zero-order valence-corrected chi connectivity index (χ0v) is 10.8. The lowest BCUT2D eigenvalue weighted by atomic mass is 10.1. The van der Waals surface area contributed by atoms with Gasteiger partial charge in [0, 0.05) is 32.9 Å². The van der Waals surface area contributed by atoms with Crippen molar-refractivity contribution >= 4 is 5.82 Å². The zero-order chi connectivity index (χ0) is 12.0. The molecule has 1 aromatic heterocycles. The van der Waals surface area contributed by atoms with Gasteiger partial charge in [0.15, 0.2) is 0 Å². The van der Waals surface area contributed by atoms with Crippen LogP contribution in [0.5, 0.6) is 0 Å². The second-order valence-electron chi connectivity index (χ2n) is 4.31. The Hall–Kier alpha value is -1.09. The minimum Gasteiger partial charge on any atom is -0.363 e. The van der Waals surface area contributed by atoms with E-state index < -0.39 is 0 Å². The van der Waals surface area contributed by atoms with E-state index in [-0.39, 0.29) is 0 Å². The van der Waals surface area contributed by atoms with Gasteiger partial charge in [0.05, 0.1) is 0 Å². The van der Waals surface area contributed by atoms with Gasteiger partial charge in [-0.15, -0.1) is 0 Å². The van der Waals surface area contributed by atoms with Gasteiger partial charge in [-0.1, -0.05) is 19.9 Å². The minimum atomic E-state index is 0.619. The number of hydrogen-bond acceptors (Lipinski definition) is 3. The lowest BCUT2D eigenvalue weighted by Crippen LogP contribution is -2.27. The van der Waals surface area contributed by atoms with Crippen molar-refractivity contribution in [3.05, 3.63) is 23.9 Å². The van der Waals surface area contributed by atoms with Crippen molar-refractivity contribution in [2.24, 2.45) is 0 Å². The Kier molecular flexibility index (Phi) is 5.26. The first-order valence-corrected chi connectivity index (χ1v) is 6.03. The molecule has 0 amide bonds. The summed E-state index contributed by atoms with van der Waals surface area (Å²) in [5, 5.41) is 3.53. The van der Waals surface area contributed by atoms with Gasteiger partial charge in [-0.2, -0.15) is 0 Å². The van der Waals surface area contributed by atoms with E-state index in [0.29, 0.717) is 6.04 Å². The van der Waals surface area contributed by atoms with E-state index in [4.69, 9.17) is 0 Å². The van der Waals surface area contributed by atoms with Gasteiger partial charge in [0.2, 0.25) is 0 Å². The van der Waals surface area contributed by atoms with Crippen molar-refractivity contribution in [1.82, 2.24) is 10.3 Å². The summed E-state index contributed by atoms with van der Waals surface area (Å²) < 4.78 is 0. The Bertz CT molecular complexity index is 289. The van der Waals surface area contributed by atoms with Crippen LogP contribution in [0.15, 0.2) is 18.3 Å². The van der Waals surface area contributed by atoms with Crippen LogP contribution in [0.25, 0.3) is 0 Å². The van der Waals surface area contributed by atoms with Crippen molar-refractivity contribution < 1.29 is 0 Å². The predicted octanol–water partition coefficient (Wildman–Crippen LogP) is 2.43. The van der Waals surface area contributed by atoms with Crippen LogP contribution in [-0.2, 0) is 6.54 Å². The third kappa shape index (κ3) is 3.81. The molecule has 1 aromatic rings. The molecule has 0 radical (unpaired) electrons. The molecule has 0 saturated heterocycles. The Labute approximate surface area is 98.9 Å². The summed E-state index contributed by atoms with van der Waals surface area (Å²) in [4.78, 5) is 6.41. The van der Waals surface area contributed by atoms with Crippen LogP contribution in [-0.4, -0.2) is 25.1 Å².